The van der Waals surface area contributed by atoms with Gasteiger partial charge < -0.3 is 0 Å². The summed E-state index contributed by atoms with van der Waals surface area (Å²) >= 11 is 0. The van der Waals surface area contributed by atoms with E-state index in [4.69, 9.17) is 0 Å². The average molecular weight is 520 g/mol. The Balaban J connectivity index is 1.69. The van der Waals surface area contributed by atoms with Gasteiger partial charge in [0.25, 0.3) is 0 Å². The first-order chi connectivity index (χ1) is 18.4. The fraction of sp³-hybridized carbons (Fsp3) is 0.121. The van der Waals surface area contributed by atoms with Crippen LogP contribution in [0, 0.1) is 6.92 Å². The Morgan fingerprint density at radius 2 is 1.26 bits per heavy atom. The molecule has 0 aromatic heterocycles. The molecule has 4 aromatic rings. The fourth-order valence-corrected chi connectivity index (χ4v) is 6.28. The number of aryl methyl sites for hydroxylation is 1. The molecular weight excluding hydrogens is 490 g/mol. The Kier molecular flexibility index (Phi) is 7.23. The summed E-state index contributed by atoms with van der Waals surface area (Å²) in [7, 11) is -3.71. The third-order valence-electron chi connectivity index (χ3n) is 6.92. The van der Waals surface area contributed by atoms with Crippen molar-refractivity contribution in [1.82, 2.24) is 4.31 Å². The molecule has 0 bridgehead atoms. The summed E-state index contributed by atoms with van der Waals surface area (Å²) in [5.74, 6) is -0.0700. The van der Waals surface area contributed by atoms with Crippen molar-refractivity contribution in [2.45, 2.75) is 18.7 Å². The Bertz CT molecular complexity index is 1640. The van der Waals surface area contributed by atoms with Gasteiger partial charge in [0, 0.05) is 24.2 Å². The number of nitrogens with zero attached hydrogens (tertiary/aromatic N) is 1. The van der Waals surface area contributed by atoms with Gasteiger partial charge in [-0.15, -0.1) is 0 Å². The van der Waals surface area contributed by atoms with E-state index in [-0.39, 0.29) is 23.8 Å². The molecule has 0 amide bonds. The van der Waals surface area contributed by atoms with Gasteiger partial charge >= 0.3 is 0 Å². The molecule has 1 aliphatic heterocycles. The van der Waals surface area contributed by atoms with E-state index < -0.39 is 10.0 Å². The number of carbonyl (C=O) groups is 1. The summed E-state index contributed by atoms with van der Waals surface area (Å²) < 4.78 is 28.8. The van der Waals surface area contributed by atoms with Gasteiger partial charge in [-0.05, 0) is 53.8 Å². The number of benzene rings is 4. The second-order valence-corrected chi connectivity index (χ2v) is 11.3. The lowest BCUT2D eigenvalue weighted by atomic mass is 9.86. The van der Waals surface area contributed by atoms with Crippen LogP contribution < -0.4 is 0 Å². The largest absolute Gasteiger partial charge is 0.289 e. The summed E-state index contributed by atoms with van der Waals surface area (Å²) in [5, 5.41) is 0. The molecule has 0 radical (unpaired) electrons. The molecule has 0 atom stereocenters. The third-order valence-corrected chi connectivity index (χ3v) is 8.72. The topological polar surface area (TPSA) is 54.5 Å². The monoisotopic (exact) mass is 519 g/mol. The van der Waals surface area contributed by atoms with Crippen LogP contribution in [0.4, 0.5) is 0 Å². The van der Waals surface area contributed by atoms with Crippen LogP contribution in [0.15, 0.2) is 131 Å². The molecule has 1 fully saturated rings. The molecule has 1 saturated heterocycles. The van der Waals surface area contributed by atoms with E-state index >= 15 is 0 Å². The number of rotatable bonds is 6. The Hall–Kier alpha value is -4.06. The molecule has 4 nitrogen and oxygen atoms in total. The number of hydrogen-bond acceptors (Lipinski definition) is 3. The second-order valence-electron chi connectivity index (χ2n) is 9.36. The van der Waals surface area contributed by atoms with Crippen molar-refractivity contribution in [2.75, 3.05) is 13.1 Å². The Morgan fingerprint density at radius 3 is 1.87 bits per heavy atom. The van der Waals surface area contributed by atoms with Gasteiger partial charge in [-0.25, -0.2) is 8.42 Å². The molecular formula is C33H29NO3S. The van der Waals surface area contributed by atoms with Gasteiger partial charge in [-0.2, -0.15) is 4.31 Å². The maximum Gasteiger partial charge on any atom is 0.243 e. The van der Waals surface area contributed by atoms with E-state index in [2.05, 4.69) is 0 Å². The minimum absolute atomic E-state index is 0.0700. The first kappa shape index (κ1) is 25.6. The number of carbonyl (C=O) groups excluding carboxylic acids is 1. The molecule has 0 saturated carbocycles. The van der Waals surface area contributed by atoms with Crippen LogP contribution in [0.25, 0.3) is 5.57 Å². The van der Waals surface area contributed by atoms with E-state index in [0.29, 0.717) is 11.1 Å². The summed E-state index contributed by atoms with van der Waals surface area (Å²) in [6, 6.07) is 33.7. The number of hydrogen-bond donors (Lipinski definition) is 0. The van der Waals surface area contributed by atoms with Crippen molar-refractivity contribution in [3.05, 3.63) is 154 Å². The number of ketones is 1. The van der Waals surface area contributed by atoms with E-state index in [1.54, 1.807) is 12.1 Å². The van der Waals surface area contributed by atoms with Crippen LogP contribution in [0.5, 0.6) is 0 Å². The molecule has 0 aliphatic carbocycles. The summed E-state index contributed by atoms with van der Waals surface area (Å²) in [4.78, 5) is 13.9. The van der Waals surface area contributed by atoms with E-state index in [1.165, 1.54) is 4.31 Å². The van der Waals surface area contributed by atoms with Crippen molar-refractivity contribution in [2.24, 2.45) is 0 Å². The molecule has 0 unspecified atom stereocenters. The highest BCUT2D eigenvalue weighted by molar-refractivity contribution is 7.89. The first-order valence-corrected chi connectivity index (χ1v) is 14.0. The van der Waals surface area contributed by atoms with Gasteiger partial charge in [0.2, 0.25) is 10.0 Å². The molecule has 4 aromatic carbocycles. The summed E-state index contributed by atoms with van der Waals surface area (Å²) in [5.41, 5.74) is 6.63. The van der Waals surface area contributed by atoms with Crippen molar-refractivity contribution < 1.29 is 13.2 Å². The normalized spacial score (nSPS) is 16.5. The standard InChI is InChI=1S/C33H29NO3S/c1-3-25-22-34(38(36,37)28-20-18-24(2)19-21-28)23-31(25)32(26-12-6-4-7-13-26)29-16-10-11-17-30(29)33(35)27-14-8-5-9-15-27/h3-21H,22-23H2,1-2H3/b25-3+,32-31+. The van der Waals surface area contributed by atoms with Crippen LogP contribution in [0.3, 0.4) is 0 Å². The van der Waals surface area contributed by atoms with Crippen LogP contribution in [-0.4, -0.2) is 31.6 Å². The van der Waals surface area contributed by atoms with Crippen LogP contribution >= 0.6 is 0 Å². The maximum atomic E-state index is 13.7. The second kappa shape index (κ2) is 10.7. The number of sulfonamides is 1. The summed E-state index contributed by atoms with van der Waals surface area (Å²) in [6.07, 6.45) is 1.98. The fourth-order valence-electron chi connectivity index (χ4n) is 4.89. The van der Waals surface area contributed by atoms with Gasteiger partial charge in [-0.3, -0.25) is 4.79 Å². The lowest BCUT2D eigenvalue weighted by molar-refractivity contribution is 0.103. The highest BCUT2D eigenvalue weighted by Gasteiger charge is 2.34. The molecule has 190 valence electrons. The van der Waals surface area contributed by atoms with Crippen molar-refractivity contribution in [3.63, 3.8) is 0 Å². The van der Waals surface area contributed by atoms with Crippen LogP contribution in [0.1, 0.15) is 39.5 Å². The van der Waals surface area contributed by atoms with E-state index in [1.807, 2.05) is 117 Å². The molecule has 38 heavy (non-hydrogen) atoms. The predicted octanol–water partition coefficient (Wildman–Crippen LogP) is 6.68. The Labute approximate surface area is 224 Å². The SMILES string of the molecule is C/C=C1\CN(S(=O)(=O)c2ccc(C)cc2)C\C1=C(\c1ccccc1)c1ccccc1C(=O)c1ccccc1. The zero-order chi connectivity index (χ0) is 26.7. The molecule has 0 spiro atoms. The molecule has 5 rings (SSSR count). The first-order valence-electron chi connectivity index (χ1n) is 12.6. The number of allylic oxidation sites excluding steroid dienone is 1. The minimum atomic E-state index is -3.71. The molecule has 0 N–H and O–H groups in total. The highest BCUT2D eigenvalue weighted by atomic mass is 32.2. The van der Waals surface area contributed by atoms with Crippen molar-refractivity contribution >= 4 is 21.4 Å². The van der Waals surface area contributed by atoms with E-state index in [0.717, 1.165) is 33.4 Å². The average Bonchev–Trinajstić information content (AvgIpc) is 3.39. The highest BCUT2D eigenvalue weighted by Crippen LogP contribution is 2.38. The van der Waals surface area contributed by atoms with Gasteiger partial charge in [0.1, 0.15) is 0 Å². The van der Waals surface area contributed by atoms with Gasteiger partial charge in [0.05, 0.1) is 4.90 Å². The van der Waals surface area contributed by atoms with Crippen LogP contribution in [-0.2, 0) is 10.0 Å². The third kappa shape index (κ3) is 4.91. The quantitative estimate of drug-likeness (QED) is 0.267. The molecule has 5 heteroatoms. The summed E-state index contributed by atoms with van der Waals surface area (Å²) in [6.45, 7) is 4.35. The lowest BCUT2D eigenvalue weighted by Crippen LogP contribution is -2.28. The van der Waals surface area contributed by atoms with Gasteiger partial charge in [-0.1, -0.05) is 109 Å². The van der Waals surface area contributed by atoms with Gasteiger partial charge in [0.15, 0.2) is 5.78 Å². The smallest absolute Gasteiger partial charge is 0.243 e. The lowest BCUT2D eigenvalue weighted by Gasteiger charge is -2.18. The molecule has 1 heterocycles. The maximum absolute atomic E-state index is 13.7. The van der Waals surface area contributed by atoms with E-state index in [9.17, 15) is 13.2 Å². The minimum Gasteiger partial charge on any atom is -0.289 e. The van der Waals surface area contributed by atoms with Crippen molar-refractivity contribution in [3.8, 4) is 0 Å². The zero-order valence-electron chi connectivity index (χ0n) is 21.5. The van der Waals surface area contributed by atoms with Crippen molar-refractivity contribution in [1.29, 1.82) is 0 Å². The zero-order valence-corrected chi connectivity index (χ0v) is 22.3. The predicted molar refractivity (Wildman–Crippen MR) is 152 cm³/mol. The van der Waals surface area contributed by atoms with Crippen LogP contribution in [0.2, 0.25) is 0 Å². The Morgan fingerprint density at radius 1 is 0.711 bits per heavy atom. The molecule has 1 aliphatic rings.